The molecule has 0 N–H and O–H groups in total. The predicted octanol–water partition coefficient (Wildman–Crippen LogP) is 7.05. The number of hydrogen-bond donors (Lipinski definition) is 0. The Balaban J connectivity index is 0.696. The van der Waals surface area contributed by atoms with Crippen LogP contribution in [0.1, 0.15) is 136 Å². The molecule has 342 valence electrons. The van der Waals surface area contributed by atoms with Crippen molar-refractivity contribution in [2.24, 2.45) is 35.5 Å². The van der Waals surface area contributed by atoms with E-state index in [9.17, 15) is 14.4 Å². The van der Waals surface area contributed by atoms with E-state index in [0.717, 1.165) is 123 Å². The number of esters is 1. The summed E-state index contributed by atoms with van der Waals surface area (Å²) in [5.41, 5.74) is -0.528. The molecule has 12 bridgehead atoms. The molecule has 11 nitrogen and oxygen atoms in total. The molecule has 0 spiro atoms. The van der Waals surface area contributed by atoms with Crippen molar-refractivity contribution in [3.8, 4) is 0 Å². The minimum atomic E-state index is -0.528. The molecule has 63 heavy (non-hydrogen) atoms. The van der Waals surface area contributed by atoms with Gasteiger partial charge in [0.1, 0.15) is 5.60 Å². The molecule has 0 aliphatic carbocycles. The van der Waals surface area contributed by atoms with Gasteiger partial charge in [-0.05, 0) is 136 Å². The Labute approximate surface area is 395 Å². The van der Waals surface area contributed by atoms with E-state index in [0.29, 0.717) is 54.0 Å². The van der Waals surface area contributed by atoms with Crippen molar-refractivity contribution in [2.45, 2.75) is 214 Å². The lowest BCUT2D eigenvalue weighted by molar-refractivity contribution is -0.146. The summed E-state index contributed by atoms with van der Waals surface area (Å²) in [6, 6.07) is 3.33. The van der Waals surface area contributed by atoms with Crippen molar-refractivity contribution >= 4 is 86.8 Å². The van der Waals surface area contributed by atoms with Gasteiger partial charge in [-0.1, -0.05) is 48.9 Å². The average Bonchev–Trinajstić information content (AvgIpc) is 4.14. The maximum absolute atomic E-state index is 14.9. The van der Waals surface area contributed by atoms with Gasteiger partial charge in [-0.2, -0.15) is 0 Å². The smallest absolute Gasteiger partial charge is 0.410 e. The maximum atomic E-state index is 14.9. The molecule has 12 fully saturated rings. The Bertz CT molecular complexity index is 2030. The second-order valence-corrected chi connectivity index (χ2v) is 24.7. The predicted molar refractivity (Wildman–Crippen MR) is 254 cm³/mol. The molecule has 12 aliphatic heterocycles. The molecule has 0 aromatic carbocycles. The molecule has 12 heterocycles. The van der Waals surface area contributed by atoms with Gasteiger partial charge in [0.05, 0.1) is 38.9 Å². The van der Waals surface area contributed by atoms with Crippen LogP contribution in [-0.4, -0.2) is 153 Å². The Morgan fingerprint density at radius 1 is 0.413 bits per heavy atom. The molecular formula is C48H66N6O5S4. The van der Waals surface area contributed by atoms with Crippen LogP contribution in [-0.2, 0) is 19.1 Å². The number of thiocarbonyl (C=S) groups is 4. The quantitative estimate of drug-likeness (QED) is 0.202. The van der Waals surface area contributed by atoms with Crippen LogP contribution in [0.25, 0.3) is 0 Å². The lowest BCUT2D eigenvalue weighted by atomic mass is 9.87. The van der Waals surface area contributed by atoms with E-state index in [1.54, 1.807) is 0 Å². The molecule has 0 saturated carbocycles. The van der Waals surface area contributed by atoms with E-state index < -0.39 is 5.60 Å². The van der Waals surface area contributed by atoms with Crippen LogP contribution in [0.3, 0.4) is 0 Å². The number of carbonyl (C=O) groups is 3. The van der Waals surface area contributed by atoms with Crippen molar-refractivity contribution in [3.05, 3.63) is 0 Å². The van der Waals surface area contributed by atoms with Gasteiger partial charge >= 0.3 is 12.1 Å². The summed E-state index contributed by atoms with van der Waals surface area (Å²) in [5, 5.41) is 0. The monoisotopic (exact) mass is 934 g/mol. The van der Waals surface area contributed by atoms with Crippen molar-refractivity contribution in [2.75, 3.05) is 7.11 Å². The molecule has 18 unspecified atom stereocenters. The van der Waals surface area contributed by atoms with E-state index >= 15 is 0 Å². The third-order valence-electron chi connectivity index (χ3n) is 19.2. The second kappa shape index (κ2) is 15.1. The Kier molecular flexibility index (Phi) is 10.1. The van der Waals surface area contributed by atoms with Crippen LogP contribution in [0.4, 0.5) is 4.79 Å². The molecule has 12 saturated heterocycles. The summed E-state index contributed by atoms with van der Waals surface area (Å²) in [7, 11) is 1.51. The summed E-state index contributed by atoms with van der Waals surface area (Å²) in [6.07, 6.45) is 18.6. The topological polar surface area (TPSA) is 89.1 Å². The van der Waals surface area contributed by atoms with Gasteiger partial charge in [0.2, 0.25) is 5.91 Å². The van der Waals surface area contributed by atoms with Crippen LogP contribution >= 0.6 is 48.9 Å². The fourth-order valence-corrected chi connectivity index (χ4v) is 19.1. The average molecular weight is 935 g/mol. The largest absolute Gasteiger partial charge is 0.469 e. The highest BCUT2D eigenvalue weighted by atomic mass is 32.1. The zero-order valence-electron chi connectivity index (χ0n) is 37.5. The summed E-state index contributed by atoms with van der Waals surface area (Å²) < 4.78 is 11.1. The molecule has 0 aromatic rings. The third kappa shape index (κ3) is 6.24. The molecular weight excluding hydrogens is 869 g/mol. The fourth-order valence-electron chi connectivity index (χ4n) is 16.9. The molecule has 12 aliphatic rings. The van der Waals surface area contributed by atoms with Gasteiger partial charge in [0.15, 0.2) is 0 Å². The van der Waals surface area contributed by atoms with Crippen LogP contribution in [0.5, 0.6) is 0 Å². The van der Waals surface area contributed by atoms with E-state index in [4.69, 9.17) is 58.3 Å². The summed E-state index contributed by atoms with van der Waals surface area (Å²) in [5.74, 6) is 1.22. The van der Waals surface area contributed by atoms with Crippen LogP contribution in [0, 0.1) is 35.5 Å². The first-order chi connectivity index (χ1) is 30.2. The second-order valence-electron chi connectivity index (χ2n) is 23.0. The summed E-state index contributed by atoms with van der Waals surface area (Å²) in [4.78, 5) is 59.8. The molecule has 12 rings (SSSR count). The van der Waals surface area contributed by atoms with Gasteiger partial charge in [0, 0.05) is 96.2 Å². The number of ether oxygens (including phenoxy) is 2. The minimum absolute atomic E-state index is 0.0233. The maximum Gasteiger partial charge on any atom is 0.410 e. The lowest BCUT2D eigenvalue weighted by Crippen LogP contribution is -2.49. The first kappa shape index (κ1) is 42.1. The Morgan fingerprint density at radius 2 is 0.698 bits per heavy atom. The number of methoxy groups -OCH3 is 1. The van der Waals surface area contributed by atoms with Crippen molar-refractivity contribution < 1.29 is 23.9 Å². The standard InChI is InChI=1S/C48H66N6O5S4/c1-48(2,3)59-47(57)54-28-10-15-39(54)33(21-28)45(63)50-24-6-11-35(50)29(17-24)41(55)49-23-5-12-36(49)30(18-23)42(60)51-25-7-13-37(51)31(19-25)43(61)52-26-8-14-38(52)32(20-26)44(62)53-27-9-16-40(53)34(22-27)46(56)58-4/h23-40H,5-22H2,1-4H3. The first-order valence-corrected chi connectivity index (χ1v) is 26.6. The highest BCUT2D eigenvalue weighted by molar-refractivity contribution is 7.81. The lowest BCUT2D eigenvalue weighted by Gasteiger charge is -2.36. The fraction of sp³-hybridized carbons (Fsp3) is 0.854. The molecule has 0 aromatic heterocycles. The minimum Gasteiger partial charge on any atom is -0.469 e. The number of hydrogen-bond acceptors (Lipinski definition) is 9. The van der Waals surface area contributed by atoms with Crippen LogP contribution in [0.15, 0.2) is 0 Å². The van der Waals surface area contributed by atoms with Crippen molar-refractivity contribution in [1.82, 2.24) is 29.4 Å². The van der Waals surface area contributed by atoms with E-state index in [-0.39, 0.29) is 72.0 Å². The Hall–Kier alpha value is -2.23. The van der Waals surface area contributed by atoms with Gasteiger partial charge in [-0.25, -0.2) is 4.79 Å². The van der Waals surface area contributed by atoms with Crippen LogP contribution in [0.2, 0.25) is 0 Å². The van der Waals surface area contributed by atoms with E-state index in [2.05, 4.69) is 24.5 Å². The zero-order chi connectivity index (χ0) is 43.5. The number of carbonyl (C=O) groups excluding carboxylic acids is 3. The number of rotatable bonds is 6. The van der Waals surface area contributed by atoms with Crippen LogP contribution < -0.4 is 0 Å². The van der Waals surface area contributed by atoms with E-state index in [1.165, 1.54) is 20.0 Å². The van der Waals surface area contributed by atoms with Crippen molar-refractivity contribution in [3.63, 3.8) is 0 Å². The van der Waals surface area contributed by atoms with E-state index in [1.807, 2.05) is 25.7 Å². The normalized spacial score (nSPS) is 44.6. The number of fused-ring (bicyclic) bond motifs is 12. The Morgan fingerprint density at radius 3 is 1.08 bits per heavy atom. The van der Waals surface area contributed by atoms with Crippen molar-refractivity contribution in [1.29, 1.82) is 0 Å². The highest BCUT2D eigenvalue weighted by Crippen LogP contribution is 2.55. The van der Waals surface area contributed by atoms with Gasteiger partial charge in [-0.3, -0.25) is 9.59 Å². The third-order valence-corrected chi connectivity index (χ3v) is 21.2. The first-order valence-electron chi connectivity index (χ1n) is 24.9. The summed E-state index contributed by atoms with van der Waals surface area (Å²) in [6.45, 7) is 5.80. The highest BCUT2D eigenvalue weighted by Gasteiger charge is 2.62. The van der Waals surface area contributed by atoms with Gasteiger partial charge in [0.25, 0.3) is 0 Å². The number of amides is 2. The SMILES string of the molecule is COC(=O)C1CC2CCC1N2C(=S)C1CC2CCC1N2C(=S)C1CC2CCC1N2C(=S)C1CC2CCC1N2C(=O)C1CC2CCC1N2C(=S)C1CC2CCC1N2C(=O)OC(C)(C)C. The molecule has 18 atom stereocenters. The molecule has 0 radical (unpaired) electrons. The number of nitrogens with zero attached hydrogens (tertiary/aromatic N) is 6. The molecule has 15 heteroatoms. The molecule has 2 amide bonds. The zero-order valence-corrected chi connectivity index (χ0v) is 40.7. The van der Waals surface area contributed by atoms with Gasteiger partial charge in [-0.15, -0.1) is 0 Å². The summed E-state index contributed by atoms with van der Waals surface area (Å²) >= 11 is 25.9. The van der Waals surface area contributed by atoms with Gasteiger partial charge < -0.3 is 38.9 Å².